The average Bonchev–Trinajstić information content (AvgIpc) is 3.11. The molecule has 0 fully saturated rings. The summed E-state index contributed by atoms with van der Waals surface area (Å²) in [6, 6.07) is 21.0. The van der Waals surface area contributed by atoms with E-state index in [0.29, 0.717) is 31.5 Å². The minimum absolute atomic E-state index is 0.212. The molecule has 2 N–H and O–H groups in total. The lowest BCUT2D eigenvalue weighted by Gasteiger charge is -2.40. The molecular formula is C31H34F3N3O3S. The van der Waals surface area contributed by atoms with Crippen LogP contribution in [-0.4, -0.2) is 34.4 Å². The lowest BCUT2D eigenvalue weighted by molar-refractivity contribution is -0.274. The molecule has 0 bridgehead atoms. The SMILES string of the molecule is CCCCN=S(=O)(NC1=CCC[C@H](N2c3ccccc3CCc3ccccc32)[C@@H]1O)c1ccc(OC(F)(F)F)cc1. The highest BCUT2D eigenvalue weighted by Crippen LogP contribution is 2.41. The van der Waals surface area contributed by atoms with Crippen molar-refractivity contribution < 1.29 is 27.2 Å². The van der Waals surface area contributed by atoms with Crippen LogP contribution in [0.5, 0.6) is 5.75 Å². The monoisotopic (exact) mass is 585 g/mol. The van der Waals surface area contributed by atoms with E-state index in [2.05, 4.69) is 43.0 Å². The topological polar surface area (TPSA) is 74.2 Å². The van der Waals surface area contributed by atoms with Crippen LogP contribution in [0.3, 0.4) is 0 Å². The molecule has 0 aromatic heterocycles. The normalized spacial score (nSPS) is 20.1. The lowest BCUT2D eigenvalue weighted by Crippen LogP contribution is -2.47. The summed E-state index contributed by atoms with van der Waals surface area (Å²) in [5.41, 5.74) is 4.85. The molecule has 10 heteroatoms. The van der Waals surface area contributed by atoms with Crippen LogP contribution in [0, 0.1) is 0 Å². The largest absolute Gasteiger partial charge is 0.573 e. The maximum atomic E-state index is 14.3. The number of para-hydroxylation sites is 2. The quantitative estimate of drug-likeness (QED) is 0.278. The number of alkyl halides is 3. The Labute approximate surface area is 239 Å². The van der Waals surface area contributed by atoms with Gasteiger partial charge in [-0.25, -0.2) is 8.57 Å². The molecule has 1 aliphatic heterocycles. The molecular weight excluding hydrogens is 551 g/mol. The van der Waals surface area contributed by atoms with Crippen molar-refractivity contribution in [2.45, 2.75) is 68.9 Å². The van der Waals surface area contributed by atoms with Gasteiger partial charge in [-0.05, 0) is 79.6 Å². The Morgan fingerprint density at radius 3 is 2.20 bits per heavy atom. The molecule has 218 valence electrons. The number of aryl methyl sites for hydroxylation is 2. The summed E-state index contributed by atoms with van der Waals surface area (Å²) in [6.45, 7) is 2.28. The predicted octanol–water partition coefficient (Wildman–Crippen LogP) is 7.06. The minimum atomic E-state index is -4.83. The molecule has 0 saturated carbocycles. The zero-order chi connectivity index (χ0) is 29.0. The second-order valence-corrected chi connectivity index (χ2v) is 12.2. The van der Waals surface area contributed by atoms with Crippen LogP contribution in [0.2, 0.25) is 0 Å². The first-order valence-corrected chi connectivity index (χ1v) is 15.4. The molecule has 1 unspecified atom stereocenters. The lowest BCUT2D eigenvalue weighted by atomic mass is 9.93. The van der Waals surface area contributed by atoms with Crippen molar-refractivity contribution in [1.82, 2.24) is 4.72 Å². The van der Waals surface area contributed by atoms with E-state index in [1.54, 1.807) is 0 Å². The summed E-state index contributed by atoms with van der Waals surface area (Å²) >= 11 is 0. The van der Waals surface area contributed by atoms with Gasteiger partial charge in [-0.1, -0.05) is 55.8 Å². The number of anilines is 2. The van der Waals surface area contributed by atoms with Crippen molar-refractivity contribution in [3.8, 4) is 5.75 Å². The number of unbranched alkanes of at least 4 members (excludes halogenated alkanes) is 1. The van der Waals surface area contributed by atoms with Gasteiger partial charge in [-0.3, -0.25) is 4.72 Å². The maximum absolute atomic E-state index is 14.3. The number of hydrogen-bond donors (Lipinski definition) is 2. The van der Waals surface area contributed by atoms with E-state index in [1.807, 2.05) is 37.3 Å². The van der Waals surface area contributed by atoms with Crippen molar-refractivity contribution in [1.29, 1.82) is 0 Å². The van der Waals surface area contributed by atoms with Gasteiger partial charge in [0, 0.05) is 11.4 Å². The second kappa shape index (κ2) is 12.2. The van der Waals surface area contributed by atoms with Gasteiger partial charge in [0.25, 0.3) is 0 Å². The number of nitrogens with one attached hydrogen (secondary N) is 1. The van der Waals surface area contributed by atoms with Crippen molar-refractivity contribution in [3.05, 3.63) is 95.7 Å². The van der Waals surface area contributed by atoms with Gasteiger partial charge >= 0.3 is 6.36 Å². The first kappa shape index (κ1) is 29.0. The Kier molecular flexibility index (Phi) is 8.60. The highest BCUT2D eigenvalue weighted by molar-refractivity contribution is 7.91. The van der Waals surface area contributed by atoms with Gasteiger partial charge in [0.1, 0.15) is 11.9 Å². The van der Waals surface area contributed by atoms with Crippen molar-refractivity contribution in [2.75, 3.05) is 11.4 Å². The highest BCUT2D eigenvalue weighted by atomic mass is 32.2. The number of rotatable bonds is 8. The summed E-state index contributed by atoms with van der Waals surface area (Å²) in [5, 5.41) is 11.8. The molecule has 5 rings (SSSR count). The average molecular weight is 586 g/mol. The molecule has 3 aromatic carbocycles. The molecule has 0 spiro atoms. The molecule has 1 aliphatic carbocycles. The summed E-state index contributed by atoms with van der Waals surface area (Å²) in [4.78, 5) is 2.42. The number of aliphatic hydroxyl groups is 1. The first-order valence-electron chi connectivity index (χ1n) is 13.9. The molecule has 41 heavy (non-hydrogen) atoms. The third-order valence-corrected chi connectivity index (χ3v) is 9.39. The fourth-order valence-corrected chi connectivity index (χ4v) is 7.19. The summed E-state index contributed by atoms with van der Waals surface area (Å²) in [6.07, 6.45) is 0.587. The van der Waals surface area contributed by atoms with E-state index >= 15 is 0 Å². The van der Waals surface area contributed by atoms with Crippen LogP contribution in [-0.2, 0) is 22.8 Å². The second-order valence-electron chi connectivity index (χ2n) is 10.2. The standard InChI is InChI=1S/C31H34F3N3O3S/c1-2-3-21-35-41(39,25-19-17-24(18-20-25)40-31(32,33)34)36-26-11-8-14-29(30(26)38)37-27-12-6-4-9-22(27)15-16-23-10-5-7-13-28(23)37/h4-7,9-13,17-20,29-30,38H,2-3,8,14-16,21H2,1H3,(H,35,36,39)/t29-,30+,41?/m0/s1. The van der Waals surface area contributed by atoms with Crippen molar-refractivity contribution in [2.24, 2.45) is 4.36 Å². The van der Waals surface area contributed by atoms with Crippen LogP contribution < -0.4 is 14.4 Å². The molecule has 1 heterocycles. The molecule has 0 saturated heterocycles. The zero-order valence-electron chi connectivity index (χ0n) is 22.8. The number of ether oxygens (including phenoxy) is 1. The fraction of sp³-hybridized carbons (Fsp3) is 0.355. The van der Waals surface area contributed by atoms with Crippen LogP contribution in [0.4, 0.5) is 24.5 Å². The van der Waals surface area contributed by atoms with E-state index < -0.39 is 28.1 Å². The van der Waals surface area contributed by atoms with E-state index in [4.69, 9.17) is 0 Å². The van der Waals surface area contributed by atoms with Gasteiger partial charge in [0.2, 0.25) is 0 Å². The smallest absolute Gasteiger partial charge is 0.406 e. The number of fused-ring (bicyclic) bond motifs is 2. The molecule has 6 nitrogen and oxygen atoms in total. The summed E-state index contributed by atoms with van der Waals surface area (Å²) in [5.74, 6) is -0.410. The summed E-state index contributed by atoms with van der Waals surface area (Å²) in [7, 11) is -3.32. The third-order valence-electron chi connectivity index (χ3n) is 7.43. The number of nitrogens with zero attached hydrogens (tertiary/aromatic N) is 2. The van der Waals surface area contributed by atoms with E-state index in [-0.39, 0.29) is 10.9 Å². The van der Waals surface area contributed by atoms with Crippen LogP contribution in [0.15, 0.2) is 93.8 Å². The van der Waals surface area contributed by atoms with Crippen LogP contribution in [0.1, 0.15) is 43.7 Å². The van der Waals surface area contributed by atoms with E-state index in [0.717, 1.165) is 42.8 Å². The molecule has 3 atom stereocenters. The zero-order valence-corrected chi connectivity index (χ0v) is 23.6. The Bertz CT molecular complexity index is 1470. The Morgan fingerprint density at radius 1 is 1.00 bits per heavy atom. The predicted molar refractivity (Wildman–Crippen MR) is 154 cm³/mol. The van der Waals surface area contributed by atoms with Gasteiger partial charge in [0.15, 0.2) is 9.92 Å². The van der Waals surface area contributed by atoms with Crippen molar-refractivity contribution in [3.63, 3.8) is 0 Å². The van der Waals surface area contributed by atoms with E-state index in [1.165, 1.54) is 23.3 Å². The summed E-state index contributed by atoms with van der Waals surface area (Å²) < 4.78 is 63.8. The Hall–Kier alpha value is -3.50. The number of allylic oxidation sites excluding steroid dienone is 1. The fourth-order valence-electron chi connectivity index (χ4n) is 5.44. The number of hydrogen-bond acceptors (Lipinski definition) is 5. The minimum Gasteiger partial charge on any atom is -0.406 e. The Balaban J connectivity index is 1.48. The van der Waals surface area contributed by atoms with E-state index in [9.17, 15) is 22.5 Å². The molecule has 0 radical (unpaired) electrons. The maximum Gasteiger partial charge on any atom is 0.573 e. The number of benzene rings is 3. The van der Waals surface area contributed by atoms with Crippen molar-refractivity contribution >= 4 is 21.3 Å². The Morgan fingerprint density at radius 2 is 1.61 bits per heavy atom. The molecule has 2 aliphatic rings. The highest BCUT2D eigenvalue weighted by Gasteiger charge is 2.36. The third kappa shape index (κ3) is 6.54. The van der Waals surface area contributed by atoms with Crippen LogP contribution in [0.25, 0.3) is 0 Å². The van der Waals surface area contributed by atoms with Crippen LogP contribution >= 0.6 is 0 Å². The molecule has 0 amide bonds. The van der Waals surface area contributed by atoms with Gasteiger partial charge in [-0.15, -0.1) is 13.2 Å². The number of halogens is 3. The number of aliphatic hydroxyl groups excluding tert-OH is 1. The van der Waals surface area contributed by atoms with Gasteiger partial charge in [-0.2, -0.15) is 0 Å². The molecule has 3 aromatic rings. The van der Waals surface area contributed by atoms with Gasteiger partial charge in [0.05, 0.1) is 23.2 Å². The van der Waals surface area contributed by atoms with Gasteiger partial charge < -0.3 is 14.7 Å². The first-order chi connectivity index (χ1) is 19.7.